The SMILES string of the molecule is CCCCC(CC)COC(=O)CN(OC(C)C)S(=O)(=O)C=S. The lowest BCUT2D eigenvalue weighted by molar-refractivity contribution is -0.162. The van der Waals surface area contributed by atoms with Crippen molar-refractivity contribution < 1.29 is 22.8 Å². The summed E-state index contributed by atoms with van der Waals surface area (Å²) in [6.07, 6.45) is 3.68. The number of thiocarbonyl (C=S) groups is 1. The molecule has 0 aromatic heterocycles. The van der Waals surface area contributed by atoms with E-state index >= 15 is 0 Å². The summed E-state index contributed by atoms with van der Waals surface area (Å²) < 4.78 is 29.8. The Morgan fingerprint density at radius 2 is 1.95 bits per heavy atom. The minimum atomic E-state index is -3.91. The van der Waals surface area contributed by atoms with Crippen LogP contribution in [0.15, 0.2) is 0 Å². The van der Waals surface area contributed by atoms with Gasteiger partial charge in [0, 0.05) is 0 Å². The minimum Gasteiger partial charge on any atom is -0.464 e. The zero-order valence-electron chi connectivity index (χ0n) is 13.8. The summed E-state index contributed by atoms with van der Waals surface area (Å²) in [5.41, 5.74) is 0. The Balaban J connectivity index is 4.54. The molecule has 0 aliphatic carbocycles. The van der Waals surface area contributed by atoms with Gasteiger partial charge >= 0.3 is 5.97 Å². The van der Waals surface area contributed by atoms with Crippen LogP contribution >= 0.6 is 12.2 Å². The average molecular weight is 354 g/mol. The molecule has 22 heavy (non-hydrogen) atoms. The third kappa shape index (κ3) is 8.77. The van der Waals surface area contributed by atoms with Crippen LogP contribution in [0, 0.1) is 5.92 Å². The van der Waals surface area contributed by atoms with Crippen LogP contribution in [0.4, 0.5) is 0 Å². The van der Waals surface area contributed by atoms with Gasteiger partial charge in [-0.05, 0) is 26.2 Å². The number of unbranched alkanes of at least 4 members (excludes halogenated alkanes) is 1. The smallest absolute Gasteiger partial charge is 0.323 e. The van der Waals surface area contributed by atoms with Crippen LogP contribution in [0.2, 0.25) is 0 Å². The summed E-state index contributed by atoms with van der Waals surface area (Å²) in [6.45, 7) is 7.26. The highest BCUT2D eigenvalue weighted by Crippen LogP contribution is 2.13. The summed E-state index contributed by atoms with van der Waals surface area (Å²) in [5.74, 6) is -0.346. The Kier molecular flexibility index (Phi) is 10.8. The van der Waals surface area contributed by atoms with E-state index in [-0.39, 0.29) is 0 Å². The molecule has 0 bridgehead atoms. The predicted octanol–water partition coefficient (Wildman–Crippen LogP) is 2.68. The zero-order valence-corrected chi connectivity index (χ0v) is 15.4. The maximum Gasteiger partial charge on any atom is 0.323 e. The fraction of sp³-hybridized carbons (Fsp3) is 0.857. The second-order valence-corrected chi connectivity index (χ2v) is 7.56. The maximum atomic E-state index is 11.8. The van der Waals surface area contributed by atoms with Gasteiger partial charge < -0.3 is 4.74 Å². The molecular formula is C14H27NO5S2. The molecule has 0 fully saturated rings. The van der Waals surface area contributed by atoms with E-state index in [0.717, 1.165) is 25.7 Å². The van der Waals surface area contributed by atoms with E-state index in [2.05, 4.69) is 19.1 Å². The number of ether oxygens (including phenoxy) is 1. The van der Waals surface area contributed by atoms with E-state index < -0.39 is 28.6 Å². The van der Waals surface area contributed by atoms with Crippen LogP contribution < -0.4 is 0 Å². The molecule has 0 heterocycles. The van der Waals surface area contributed by atoms with Crippen molar-refractivity contribution in [2.45, 2.75) is 59.5 Å². The van der Waals surface area contributed by atoms with Crippen molar-refractivity contribution in [1.29, 1.82) is 0 Å². The standard InChI is InChI=1S/C14H27NO5S2/c1-5-7-8-13(6-2)10-19-14(16)9-15(20-12(3)4)22(17,18)11-21/h11-13H,5-10H2,1-4H3. The summed E-state index contributed by atoms with van der Waals surface area (Å²) in [4.78, 5) is 17.0. The van der Waals surface area contributed by atoms with E-state index in [1.54, 1.807) is 13.8 Å². The monoisotopic (exact) mass is 353 g/mol. The van der Waals surface area contributed by atoms with Gasteiger partial charge in [0.25, 0.3) is 10.0 Å². The van der Waals surface area contributed by atoms with E-state index in [1.165, 1.54) is 0 Å². The van der Waals surface area contributed by atoms with Crippen LogP contribution in [-0.4, -0.2) is 42.8 Å². The molecule has 0 rings (SSSR count). The first kappa shape index (κ1) is 21.4. The molecule has 0 saturated carbocycles. The number of carbonyl (C=O) groups is 1. The third-order valence-corrected chi connectivity index (χ3v) is 4.77. The molecule has 0 amide bonds. The van der Waals surface area contributed by atoms with Gasteiger partial charge in [-0.15, -0.1) is 0 Å². The maximum absolute atomic E-state index is 11.8. The average Bonchev–Trinajstić information content (AvgIpc) is 2.46. The molecule has 8 heteroatoms. The molecular weight excluding hydrogens is 326 g/mol. The van der Waals surface area contributed by atoms with Gasteiger partial charge in [-0.1, -0.05) is 49.8 Å². The number of nitrogens with zero attached hydrogens (tertiary/aromatic N) is 1. The van der Waals surface area contributed by atoms with Gasteiger partial charge in [-0.2, -0.15) is 0 Å². The first-order valence-electron chi connectivity index (χ1n) is 7.57. The largest absolute Gasteiger partial charge is 0.464 e. The topological polar surface area (TPSA) is 72.9 Å². The number of esters is 1. The fourth-order valence-electron chi connectivity index (χ4n) is 1.73. The Bertz CT molecular complexity index is 437. The molecule has 0 saturated heterocycles. The first-order chi connectivity index (χ1) is 10.3. The highest BCUT2D eigenvalue weighted by atomic mass is 32.2. The molecule has 130 valence electrons. The number of hydrogen-bond donors (Lipinski definition) is 0. The number of sulfonamides is 1. The minimum absolute atomic E-state index is 0.294. The van der Waals surface area contributed by atoms with Crippen LogP contribution in [-0.2, 0) is 24.4 Å². The lowest BCUT2D eigenvalue weighted by Gasteiger charge is -2.21. The molecule has 0 radical (unpaired) electrons. The number of hydroxylamine groups is 1. The number of rotatable bonds is 12. The fourth-order valence-corrected chi connectivity index (χ4v) is 2.69. The van der Waals surface area contributed by atoms with Crippen LogP contribution in [0.5, 0.6) is 0 Å². The summed E-state index contributed by atoms with van der Waals surface area (Å²) in [5, 5.41) is 0. The number of carbonyl (C=O) groups excluding carboxylic acids is 1. The molecule has 1 unspecified atom stereocenters. The van der Waals surface area contributed by atoms with Crippen molar-refractivity contribution >= 4 is 32.9 Å². The third-order valence-electron chi connectivity index (χ3n) is 3.02. The second-order valence-electron chi connectivity index (χ2n) is 5.36. The Labute approximate surface area is 139 Å². The lowest BCUT2D eigenvalue weighted by Crippen LogP contribution is -2.38. The molecule has 0 spiro atoms. The van der Waals surface area contributed by atoms with Crippen molar-refractivity contribution in [2.24, 2.45) is 5.92 Å². The first-order valence-corrected chi connectivity index (χ1v) is 9.54. The van der Waals surface area contributed by atoms with Crippen LogP contribution in [0.25, 0.3) is 0 Å². The quantitative estimate of drug-likeness (QED) is 0.305. The van der Waals surface area contributed by atoms with Gasteiger partial charge in [-0.3, -0.25) is 9.63 Å². The van der Waals surface area contributed by atoms with Gasteiger partial charge in [0.15, 0.2) is 0 Å². The van der Waals surface area contributed by atoms with Crippen molar-refractivity contribution in [2.75, 3.05) is 13.2 Å². The van der Waals surface area contributed by atoms with Gasteiger partial charge in [0.2, 0.25) is 0 Å². The van der Waals surface area contributed by atoms with Crippen molar-refractivity contribution in [3.05, 3.63) is 0 Å². The molecule has 1 atom stereocenters. The summed E-state index contributed by atoms with van der Waals surface area (Å²) >= 11 is 4.46. The predicted molar refractivity (Wildman–Crippen MR) is 89.8 cm³/mol. The highest BCUT2D eigenvalue weighted by Gasteiger charge is 2.26. The van der Waals surface area contributed by atoms with E-state index in [9.17, 15) is 13.2 Å². The highest BCUT2D eigenvalue weighted by molar-refractivity contribution is 8.13. The zero-order chi connectivity index (χ0) is 17.2. The molecule has 0 aliphatic heterocycles. The van der Waals surface area contributed by atoms with Crippen LogP contribution in [0.1, 0.15) is 53.4 Å². The molecule has 6 nitrogen and oxygen atoms in total. The summed E-state index contributed by atoms with van der Waals surface area (Å²) in [6, 6.07) is 0. The van der Waals surface area contributed by atoms with Gasteiger partial charge in [0.1, 0.15) is 11.2 Å². The number of hydrogen-bond acceptors (Lipinski definition) is 6. The van der Waals surface area contributed by atoms with Crippen molar-refractivity contribution in [3.63, 3.8) is 0 Å². The van der Waals surface area contributed by atoms with Crippen molar-refractivity contribution in [1.82, 2.24) is 4.47 Å². The van der Waals surface area contributed by atoms with Gasteiger partial charge in [-0.25, -0.2) is 8.42 Å². The van der Waals surface area contributed by atoms with E-state index in [4.69, 9.17) is 9.57 Å². The Morgan fingerprint density at radius 1 is 1.32 bits per heavy atom. The van der Waals surface area contributed by atoms with Gasteiger partial charge in [0.05, 0.1) is 12.7 Å². The summed E-state index contributed by atoms with van der Waals surface area (Å²) in [7, 11) is -3.91. The lowest BCUT2D eigenvalue weighted by atomic mass is 10.0. The molecule has 0 aliphatic rings. The second kappa shape index (κ2) is 11.0. The Hall–Kier alpha value is -0.570. The van der Waals surface area contributed by atoms with E-state index in [0.29, 0.717) is 21.7 Å². The Morgan fingerprint density at radius 3 is 2.41 bits per heavy atom. The van der Waals surface area contributed by atoms with E-state index in [1.807, 2.05) is 6.92 Å². The normalized spacial score (nSPS) is 13.4. The molecule has 0 aromatic rings. The molecule has 0 aromatic carbocycles. The van der Waals surface area contributed by atoms with Crippen molar-refractivity contribution in [3.8, 4) is 0 Å². The molecule has 0 N–H and O–H groups in total. The van der Waals surface area contributed by atoms with Crippen LogP contribution in [0.3, 0.4) is 0 Å².